The zero-order chi connectivity index (χ0) is 7.23. The summed E-state index contributed by atoms with van der Waals surface area (Å²) >= 11 is 0. The number of carbonyl (C=O) groups is 1. The molecule has 52 valence electrons. The van der Waals surface area contributed by atoms with Gasteiger partial charge < -0.3 is 10.8 Å². The van der Waals surface area contributed by atoms with Crippen LogP contribution in [0, 0.1) is 5.92 Å². The Morgan fingerprint density at radius 1 is 1.67 bits per heavy atom. The van der Waals surface area contributed by atoms with E-state index >= 15 is 0 Å². The summed E-state index contributed by atoms with van der Waals surface area (Å²) in [4.78, 5) is 9.83. The molecule has 0 saturated heterocycles. The van der Waals surface area contributed by atoms with Gasteiger partial charge in [0.25, 0.3) is 5.92 Å². The van der Waals surface area contributed by atoms with Crippen LogP contribution in [0.25, 0.3) is 0 Å². The van der Waals surface area contributed by atoms with Crippen LogP contribution in [0.1, 0.15) is 0 Å². The molecular formula is C4H5F2NO2. The van der Waals surface area contributed by atoms with E-state index in [0.29, 0.717) is 0 Å². The van der Waals surface area contributed by atoms with E-state index in [1.807, 2.05) is 0 Å². The van der Waals surface area contributed by atoms with Crippen LogP contribution in [-0.2, 0) is 4.79 Å². The van der Waals surface area contributed by atoms with Crippen LogP contribution in [0.2, 0.25) is 0 Å². The van der Waals surface area contributed by atoms with Gasteiger partial charge in [0.2, 0.25) is 0 Å². The molecule has 0 aromatic heterocycles. The third-order valence-corrected chi connectivity index (χ3v) is 1.38. The summed E-state index contributed by atoms with van der Waals surface area (Å²) in [7, 11) is 0. The summed E-state index contributed by atoms with van der Waals surface area (Å²) in [5, 5.41) is 8.00. The minimum absolute atomic E-state index is 1.48. The van der Waals surface area contributed by atoms with Crippen molar-refractivity contribution in [1.29, 1.82) is 0 Å². The predicted molar refractivity (Wildman–Crippen MR) is 24.0 cm³/mol. The standard InChI is InChI=1S/C4H5F2NO2/c5-4(6)1(2(4)7)3(8)9/h1-2H,7H2,(H,8,9)/t1-,2-/m1/s1. The molecule has 0 bridgehead atoms. The lowest BCUT2D eigenvalue weighted by atomic mass is 10.4. The highest BCUT2D eigenvalue weighted by atomic mass is 19.3. The number of aliphatic carboxylic acids is 1. The zero-order valence-corrected chi connectivity index (χ0v) is 4.34. The summed E-state index contributed by atoms with van der Waals surface area (Å²) in [5.41, 5.74) is 4.71. The Labute approximate surface area is 49.5 Å². The molecule has 0 aromatic carbocycles. The molecular weight excluding hydrogens is 132 g/mol. The van der Waals surface area contributed by atoms with Crippen LogP contribution in [0.5, 0.6) is 0 Å². The first kappa shape index (κ1) is 6.41. The Bertz CT molecular complexity index is 159. The van der Waals surface area contributed by atoms with Crippen LogP contribution in [-0.4, -0.2) is 23.0 Å². The molecule has 1 aliphatic carbocycles. The Morgan fingerprint density at radius 3 is 2.00 bits per heavy atom. The van der Waals surface area contributed by atoms with Crippen molar-refractivity contribution in [2.24, 2.45) is 11.7 Å². The van der Waals surface area contributed by atoms with Crippen LogP contribution in [0.3, 0.4) is 0 Å². The number of alkyl halides is 2. The maximum atomic E-state index is 11.9. The van der Waals surface area contributed by atoms with Gasteiger partial charge in [-0.1, -0.05) is 0 Å². The largest absolute Gasteiger partial charge is 0.481 e. The van der Waals surface area contributed by atoms with E-state index in [4.69, 9.17) is 10.8 Å². The molecule has 0 heterocycles. The van der Waals surface area contributed by atoms with Crippen molar-refractivity contribution in [2.75, 3.05) is 0 Å². The lowest BCUT2D eigenvalue weighted by molar-refractivity contribution is -0.140. The summed E-state index contributed by atoms with van der Waals surface area (Å²) in [6.45, 7) is 0. The first-order valence-electron chi connectivity index (χ1n) is 2.34. The fourth-order valence-corrected chi connectivity index (χ4v) is 0.669. The second-order valence-electron chi connectivity index (χ2n) is 2.02. The molecule has 1 aliphatic rings. The van der Waals surface area contributed by atoms with Crippen LogP contribution in [0.15, 0.2) is 0 Å². The van der Waals surface area contributed by atoms with Crippen LogP contribution in [0.4, 0.5) is 8.78 Å². The highest BCUT2D eigenvalue weighted by molar-refractivity contribution is 5.77. The van der Waals surface area contributed by atoms with Crippen molar-refractivity contribution in [2.45, 2.75) is 12.0 Å². The lowest BCUT2D eigenvalue weighted by Crippen LogP contribution is -2.09. The Hall–Kier alpha value is -0.710. The minimum atomic E-state index is -3.17. The second kappa shape index (κ2) is 1.41. The van der Waals surface area contributed by atoms with Crippen molar-refractivity contribution in [3.63, 3.8) is 0 Å². The molecule has 0 amide bonds. The van der Waals surface area contributed by atoms with Crippen molar-refractivity contribution in [3.05, 3.63) is 0 Å². The molecule has 2 atom stereocenters. The maximum Gasteiger partial charge on any atom is 0.314 e. The van der Waals surface area contributed by atoms with Crippen molar-refractivity contribution in [1.82, 2.24) is 0 Å². The topological polar surface area (TPSA) is 63.3 Å². The number of rotatable bonds is 1. The molecule has 0 aromatic rings. The molecule has 9 heavy (non-hydrogen) atoms. The highest BCUT2D eigenvalue weighted by Crippen LogP contribution is 2.47. The van der Waals surface area contributed by atoms with Gasteiger partial charge in [-0.2, -0.15) is 0 Å². The van der Waals surface area contributed by atoms with Crippen molar-refractivity contribution in [3.8, 4) is 0 Å². The van der Waals surface area contributed by atoms with E-state index in [1.54, 1.807) is 0 Å². The molecule has 0 spiro atoms. The number of hydrogen-bond donors (Lipinski definition) is 2. The molecule has 0 radical (unpaired) electrons. The van der Waals surface area contributed by atoms with Crippen molar-refractivity contribution < 1.29 is 18.7 Å². The second-order valence-corrected chi connectivity index (χ2v) is 2.02. The number of carboxylic acid groups (broad SMARTS) is 1. The van der Waals surface area contributed by atoms with E-state index < -0.39 is 23.9 Å². The summed E-state index contributed by atoms with van der Waals surface area (Å²) < 4.78 is 23.9. The minimum Gasteiger partial charge on any atom is -0.481 e. The van der Waals surface area contributed by atoms with Crippen LogP contribution >= 0.6 is 0 Å². The maximum absolute atomic E-state index is 11.9. The van der Waals surface area contributed by atoms with Crippen LogP contribution < -0.4 is 5.73 Å². The van der Waals surface area contributed by atoms with E-state index in [1.165, 1.54) is 0 Å². The molecule has 0 unspecified atom stereocenters. The molecule has 1 saturated carbocycles. The first-order valence-corrected chi connectivity index (χ1v) is 2.34. The van der Waals surface area contributed by atoms with Gasteiger partial charge in [0.15, 0.2) is 0 Å². The lowest BCUT2D eigenvalue weighted by Gasteiger charge is -1.85. The normalized spacial score (nSPS) is 38.1. The van der Waals surface area contributed by atoms with Gasteiger partial charge in [0.05, 0.1) is 6.04 Å². The van der Waals surface area contributed by atoms with Gasteiger partial charge >= 0.3 is 5.97 Å². The highest BCUT2D eigenvalue weighted by Gasteiger charge is 2.70. The molecule has 3 nitrogen and oxygen atoms in total. The van der Waals surface area contributed by atoms with E-state index in [9.17, 15) is 13.6 Å². The third-order valence-electron chi connectivity index (χ3n) is 1.38. The zero-order valence-electron chi connectivity index (χ0n) is 4.34. The first-order chi connectivity index (χ1) is 3.98. The summed E-state index contributed by atoms with van der Waals surface area (Å²) in [6.07, 6.45) is 0. The third kappa shape index (κ3) is 0.682. The molecule has 1 fully saturated rings. The number of carboxylic acids is 1. The average molecular weight is 137 g/mol. The van der Waals surface area contributed by atoms with Gasteiger partial charge in [-0.15, -0.1) is 0 Å². The molecule has 3 N–H and O–H groups in total. The average Bonchev–Trinajstić information content (AvgIpc) is 2.07. The quantitative estimate of drug-likeness (QED) is 0.519. The van der Waals surface area contributed by atoms with E-state index in [0.717, 1.165) is 0 Å². The van der Waals surface area contributed by atoms with Gasteiger partial charge in [-0.3, -0.25) is 4.79 Å². The van der Waals surface area contributed by atoms with Gasteiger partial charge in [0, 0.05) is 0 Å². The molecule has 5 heteroatoms. The predicted octanol–water partition coefficient (Wildman–Crippen LogP) is -0.337. The number of nitrogens with two attached hydrogens (primary N) is 1. The monoisotopic (exact) mass is 137 g/mol. The van der Waals surface area contributed by atoms with Gasteiger partial charge in [-0.25, -0.2) is 8.78 Å². The SMILES string of the molecule is N[C@@H]1[C@H](C(=O)O)C1(F)F. The van der Waals surface area contributed by atoms with E-state index in [-0.39, 0.29) is 0 Å². The van der Waals surface area contributed by atoms with Crippen molar-refractivity contribution >= 4 is 5.97 Å². The Morgan fingerprint density at radius 2 is 2.00 bits per heavy atom. The Kier molecular flexibility index (Phi) is 1.01. The fraction of sp³-hybridized carbons (Fsp3) is 0.750. The van der Waals surface area contributed by atoms with E-state index in [2.05, 4.69) is 0 Å². The Balaban J connectivity index is 2.62. The number of halogens is 2. The molecule has 0 aliphatic heterocycles. The summed E-state index contributed by atoms with van der Waals surface area (Å²) in [6, 6.07) is -1.48. The van der Waals surface area contributed by atoms with Gasteiger partial charge in [0.1, 0.15) is 5.92 Å². The fourth-order valence-electron chi connectivity index (χ4n) is 0.669. The summed E-state index contributed by atoms with van der Waals surface area (Å²) in [5.74, 6) is -6.35. The smallest absolute Gasteiger partial charge is 0.314 e. The number of hydrogen-bond acceptors (Lipinski definition) is 2. The molecule has 1 rings (SSSR count). The van der Waals surface area contributed by atoms with Gasteiger partial charge in [-0.05, 0) is 0 Å².